The number of aromatic nitrogens is 4. The average Bonchev–Trinajstić information content (AvgIpc) is 0.989. The first-order chi connectivity index (χ1) is 51.3. The SMILES string of the molecule is Cc1cc(C)c(-c2c3nc(c(-c4c(C)cc(C)cc4C)c4ccc([nH]4)c(-c4c(C)cc(C)cc4C)c4nc(c(-c5ccc(C#Cc6cc(C(C)C)c(N7C(=O)c8ccc9c%10cccc%11c(Oc%12ccc(C(C)(C)C)cc%12)ccc(c%12ccc(c8c9%12)C7=O)c%11%10)c(C(C)C)c6)cc5)c5ccc2[nH]5)C=C4)C=C3)c(C)c1. The fraction of sp³-hybridized carbons (Fsp3) is 0.192. The minimum atomic E-state index is -0.336. The Morgan fingerprint density at radius 1 is 0.393 bits per heavy atom. The molecule has 0 unspecified atom stereocenters. The van der Waals surface area contributed by atoms with Crippen molar-refractivity contribution in [3.63, 3.8) is 0 Å². The number of aromatic amines is 2. The zero-order valence-corrected chi connectivity index (χ0v) is 63.8. The standard InChI is InChI=1S/C99H85N5O3/c1-52(2)75-50-64(51-76(53(3)4)96(75)104-97(105)73-32-30-70-68-18-17-19-72-85(107-67-28-26-66(27-29-67)99(14,15)16)43-34-69(90(68)72)71-31-33-74(98(104)106)92(73)91(70)71)21-20-63-22-24-65(25-23-63)89-77-35-37-79(100-77)93(86-57(8)44-54(5)45-58(86)9)81-39-41-83(102-81)95(88-61(12)48-56(7)49-62(88)13)84-42-40-82(103-84)94(80-38-36-78(89)101-80)87-59(10)46-55(6)47-60(87)11/h17-19,22-53,100,103H,1-16H3. The van der Waals surface area contributed by atoms with E-state index in [0.29, 0.717) is 22.2 Å². The van der Waals surface area contributed by atoms with Crippen LogP contribution in [0.5, 0.6) is 11.5 Å². The molecule has 14 aromatic rings. The van der Waals surface area contributed by atoms with Gasteiger partial charge in [-0.3, -0.25) is 9.59 Å². The van der Waals surface area contributed by atoms with E-state index in [9.17, 15) is 0 Å². The molecule has 0 radical (unpaired) electrons. The van der Waals surface area contributed by atoms with Crippen molar-refractivity contribution in [2.45, 2.75) is 128 Å². The first kappa shape index (κ1) is 68.0. The maximum atomic E-state index is 15.6. The molecule has 0 atom stereocenters. The van der Waals surface area contributed by atoms with Crippen molar-refractivity contribution in [2.75, 3.05) is 4.90 Å². The van der Waals surface area contributed by atoms with Crippen molar-refractivity contribution in [1.29, 1.82) is 0 Å². The average molecular weight is 1390 g/mol. The molecule has 17 rings (SSSR count). The number of rotatable bonds is 9. The highest BCUT2D eigenvalue weighted by Crippen LogP contribution is 2.50. The van der Waals surface area contributed by atoms with Gasteiger partial charge in [-0.1, -0.05) is 168 Å². The minimum absolute atomic E-state index is 0.0241. The summed E-state index contributed by atoms with van der Waals surface area (Å²) in [5, 5.41) is 7.72. The van der Waals surface area contributed by atoms with Gasteiger partial charge in [0.25, 0.3) is 11.8 Å². The molecule has 11 aromatic carbocycles. The molecular formula is C99H85N5O3. The fourth-order valence-corrected chi connectivity index (χ4v) is 17.7. The number of amides is 2. The van der Waals surface area contributed by atoms with Crippen LogP contribution in [0.4, 0.5) is 5.69 Å². The van der Waals surface area contributed by atoms with E-state index in [1.165, 1.54) is 60.5 Å². The van der Waals surface area contributed by atoms with E-state index in [4.69, 9.17) is 14.7 Å². The Morgan fingerprint density at radius 2 is 0.785 bits per heavy atom. The number of ether oxygens (including phenoxy) is 1. The van der Waals surface area contributed by atoms with Crippen molar-refractivity contribution in [3.8, 4) is 67.8 Å². The molecule has 524 valence electrons. The van der Waals surface area contributed by atoms with Gasteiger partial charge < -0.3 is 14.7 Å². The molecule has 3 aromatic heterocycles. The Bertz CT molecular complexity index is 6300. The van der Waals surface area contributed by atoms with Crippen LogP contribution in [0.15, 0.2) is 176 Å². The summed E-state index contributed by atoms with van der Waals surface area (Å²) in [5.74, 6) is 7.84. The maximum Gasteiger partial charge on any atom is 0.266 e. The maximum absolute atomic E-state index is 15.6. The van der Waals surface area contributed by atoms with E-state index in [2.05, 4.69) is 302 Å². The highest BCUT2D eigenvalue weighted by atomic mass is 16.5. The molecule has 0 saturated heterocycles. The number of nitrogens with one attached hydrogen (secondary N) is 2. The summed E-state index contributed by atoms with van der Waals surface area (Å²) in [6.45, 7) is 34.9. The third kappa shape index (κ3) is 11.4. The van der Waals surface area contributed by atoms with Gasteiger partial charge in [0.1, 0.15) is 11.5 Å². The number of fused-ring (bicyclic) bond motifs is 10. The van der Waals surface area contributed by atoms with Crippen LogP contribution >= 0.6 is 0 Å². The number of anilines is 1. The predicted octanol–water partition coefficient (Wildman–Crippen LogP) is 25.7. The molecule has 2 amide bonds. The number of nitrogens with zero attached hydrogens (tertiary/aromatic N) is 3. The predicted molar refractivity (Wildman–Crippen MR) is 448 cm³/mol. The number of carbonyl (C=O) groups excluding carboxylic acids is 2. The second-order valence-corrected chi connectivity index (χ2v) is 31.7. The van der Waals surface area contributed by atoms with E-state index in [0.717, 1.165) is 161 Å². The first-order valence-corrected chi connectivity index (χ1v) is 37.4. The first-order valence-electron chi connectivity index (χ1n) is 37.4. The van der Waals surface area contributed by atoms with Crippen molar-refractivity contribution < 1.29 is 14.3 Å². The van der Waals surface area contributed by atoms with Crippen LogP contribution in [0.25, 0.3) is 134 Å². The molecule has 2 N–H and O–H groups in total. The second kappa shape index (κ2) is 25.6. The van der Waals surface area contributed by atoms with Crippen molar-refractivity contribution in [3.05, 3.63) is 288 Å². The Morgan fingerprint density at radius 3 is 1.22 bits per heavy atom. The van der Waals surface area contributed by atoms with Crippen LogP contribution in [-0.4, -0.2) is 31.8 Å². The number of aryl methyl sites for hydroxylation is 9. The highest BCUT2D eigenvalue weighted by Gasteiger charge is 2.39. The van der Waals surface area contributed by atoms with Gasteiger partial charge in [-0.15, -0.1) is 0 Å². The molecule has 107 heavy (non-hydrogen) atoms. The number of hydrogen-bond donors (Lipinski definition) is 2. The van der Waals surface area contributed by atoms with E-state index in [1.54, 1.807) is 0 Å². The Kier molecular flexibility index (Phi) is 16.2. The zero-order chi connectivity index (χ0) is 74.5. The largest absolute Gasteiger partial charge is 0.457 e. The van der Waals surface area contributed by atoms with Crippen LogP contribution in [-0.2, 0) is 5.41 Å². The summed E-state index contributed by atoms with van der Waals surface area (Å²) in [7, 11) is 0. The number of imide groups is 1. The lowest BCUT2D eigenvalue weighted by Crippen LogP contribution is -2.41. The molecule has 8 bridgehead atoms. The van der Waals surface area contributed by atoms with Gasteiger partial charge in [0, 0.05) is 82.7 Å². The van der Waals surface area contributed by atoms with Crippen LogP contribution in [0, 0.1) is 74.2 Å². The van der Waals surface area contributed by atoms with Crippen molar-refractivity contribution in [2.24, 2.45) is 0 Å². The molecule has 8 heteroatoms. The lowest BCUT2D eigenvalue weighted by Gasteiger charge is -2.33. The van der Waals surface area contributed by atoms with E-state index in [-0.39, 0.29) is 29.1 Å². The molecule has 0 spiro atoms. The summed E-state index contributed by atoms with van der Waals surface area (Å²) in [4.78, 5) is 52.0. The molecule has 6 heterocycles. The number of hydrogen-bond acceptors (Lipinski definition) is 5. The van der Waals surface area contributed by atoms with Gasteiger partial charge in [-0.05, 0) is 288 Å². The topological polar surface area (TPSA) is 104 Å². The smallest absolute Gasteiger partial charge is 0.266 e. The summed E-state index contributed by atoms with van der Waals surface area (Å²) in [5.41, 5.74) is 32.7. The number of benzene rings is 11. The molecule has 0 fully saturated rings. The van der Waals surface area contributed by atoms with Crippen LogP contribution in [0.3, 0.4) is 0 Å². The monoisotopic (exact) mass is 1390 g/mol. The van der Waals surface area contributed by atoms with Crippen molar-refractivity contribution in [1.82, 2.24) is 19.9 Å². The minimum Gasteiger partial charge on any atom is -0.457 e. The fourth-order valence-electron chi connectivity index (χ4n) is 17.7. The summed E-state index contributed by atoms with van der Waals surface area (Å²) in [6, 6.07) is 62.0. The lowest BCUT2D eigenvalue weighted by molar-refractivity contribution is 0.0892. The van der Waals surface area contributed by atoms with Crippen LogP contribution in [0.1, 0.15) is 182 Å². The van der Waals surface area contributed by atoms with Gasteiger partial charge in [-0.2, -0.15) is 0 Å². The van der Waals surface area contributed by atoms with E-state index >= 15 is 9.59 Å². The van der Waals surface area contributed by atoms with E-state index in [1.807, 2.05) is 30.3 Å². The second-order valence-electron chi connectivity index (χ2n) is 31.7. The van der Waals surface area contributed by atoms with Gasteiger partial charge in [-0.25, -0.2) is 14.9 Å². The highest BCUT2D eigenvalue weighted by molar-refractivity contribution is 6.42. The molecule has 0 saturated carbocycles. The number of carbonyl (C=O) groups is 2. The summed E-state index contributed by atoms with van der Waals surface area (Å²) >= 11 is 0. The molecular weight excluding hydrogens is 1310 g/mol. The Labute approximate surface area is 625 Å². The molecule has 0 aliphatic carbocycles. The summed E-state index contributed by atoms with van der Waals surface area (Å²) in [6.07, 6.45) is 8.73. The number of H-pyrrole nitrogens is 2. The Balaban J connectivity index is 0.777. The third-order valence-corrected chi connectivity index (χ3v) is 22.3. The zero-order valence-electron chi connectivity index (χ0n) is 63.8. The quantitative estimate of drug-likeness (QED) is 0.0648. The molecule has 3 aliphatic heterocycles. The Hall–Kier alpha value is -12.2. The van der Waals surface area contributed by atoms with Gasteiger partial charge in [0.05, 0.1) is 28.5 Å². The summed E-state index contributed by atoms with van der Waals surface area (Å²) < 4.78 is 6.64. The molecule has 8 nitrogen and oxygen atoms in total. The third-order valence-electron chi connectivity index (χ3n) is 22.3. The molecule has 3 aliphatic rings. The van der Waals surface area contributed by atoms with Gasteiger partial charge >= 0.3 is 0 Å². The van der Waals surface area contributed by atoms with E-state index < -0.39 is 0 Å². The van der Waals surface area contributed by atoms with Gasteiger partial charge in [0.15, 0.2) is 0 Å². The van der Waals surface area contributed by atoms with Crippen molar-refractivity contribution >= 4 is 107 Å². The van der Waals surface area contributed by atoms with Crippen LogP contribution in [0.2, 0.25) is 0 Å². The van der Waals surface area contributed by atoms with Crippen LogP contribution < -0.4 is 9.64 Å². The normalized spacial score (nSPS) is 12.9. The lowest BCUT2D eigenvalue weighted by atomic mass is 9.83. The van der Waals surface area contributed by atoms with Gasteiger partial charge in [0.2, 0.25) is 0 Å².